The quantitative estimate of drug-likeness (QED) is 0.488. The van der Waals surface area contributed by atoms with Gasteiger partial charge >= 0.3 is 0 Å². The molecule has 3 heterocycles. The third-order valence-corrected chi connectivity index (χ3v) is 4.36. The Labute approximate surface area is 132 Å². The monoisotopic (exact) mass is 324 g/mol. The Bertz CT molecular complexity index is 717. The van der Waals surface area contributed by atoms with Crippen LogP contribution in [-0.2, 0) is 11.2 Å². The molecule has 5 N–H and O–H groups in total. The van der Waals surface area contributed by atoms with Gasteiger partial charge in [0.05, 0.1) is 12.0 Å². The molecule has 1 aliphatic heterocycles. The van der Waals surface area contributed by atoms with Crippen molar-refractivity contribution >= 4 is 16.9 Å². The molecule has 2 aromatic heterocycles. The zero-order valence-electron chi connectivity index (χ0n) is 12.8. The smallest absolute Gasteiger partial charge is 0.167 e. The van der Waals surface area contributed by atoms with E-state index in [0.717, 1.165) is 5.56 Å². The summed E-state index contributed by atoms with van der Waals surface area (Å²) in [5, 5.41) is 40.0. The lowest BCUT2D eigenvalue weighted by Gasteiger charge is -2.27. The first kappa shape index (κ1) is 16.1. The van der Waals surface area contributed by atoms with E-state index in [4.69, 9.17) is 4.74 Å². The molecular weight excluding hydrogens is 304 g/mol. The van der Waals surface area contributed by atoms with E-state index in [0.29, 0.717) is 17.5 Å². The van der Waals surface area contributed by atoms with Crippen LogP contribution < -0.4 is 5.48 Å². The fourth-order valence-corrected chi connectivity index (χ4v) is 3.08. The van der Waals surface area contributed by atoms with Gasteiger partial charge in [0.25, 0.3) is 0 Å². The Hall–Kier alpha value is -1.78. The molecule has 0 amide bonds. The highest BCUT2D eigenvalue weighted by Crippen LogP contribution is 2.41. The summed E-state index contributed by atoms with van der Waals surface area (Å²) in [5.74, 6) is 0.252. The van der Waals surface area contributed by atoms with Crippen molar-refractivity contribution in [2.75, 3.05) is 12.1 Å². The third-order valence-electron chi connectivity index (χ3n) is 4.36. The molecule has 1 aliphatic rings. The molecule has 4 atom stereocenters. The first-order chi connectivity index (χ1) is 11.0. The van der Waals surface area contributed by atoms with Gasteiger partial charge in [0.1, 0.15) is 29.8 Å². The predicted octanol–water partition coefficient (Wildman–Crippen LogP) is -0.204. The maximum atomic E-state index is 10.6. The van der Waals surface area contributed by atoms with Crippen molar-refractivity contribution < 1.29 is 25.3 Å². The van der Waals surface area contributed by atoms with Crippen LogP contribution in [0, 0.1) is 0 Å². The Kier molecular flexibility index (Phi) is 3.98. The lowest BCUT2D eigenvalue weighted by molar-refractivity contribution is -0.0948. The second kappa shape index (κ2) is 5.69. The summed E-state index contributed by atoms with van der Waals surface area (Å²) in [6, 6.07) is 0. The molecule has 1 fully saturated rings. The Morgan fingerprint density at radius 1 is 1.43 bits per heavy atom. The van der Waals surface area contributed by atoms with E-state index in [1.54, 1.807) is 10.8 Å². The van der Waals surface area contributed by atoms with Gasteiger partial charge in [0.15, 0.2) is 12.0 Å². The first-order valence-electron chi connectivity index (χ1n) is 7.36. The van der Waals surface area contributed by atoms with Crippen molar-refractivity contribution in [1.82, 2.24) is 14.5 Å². The summed E-state index contributed by atoms with van der Waals surface area (Å²) >= 11 is 0. The summed E-state index contributed by atoms with van der Waals surface area (Å²) < 4.78 is 7.23. The minimum Gasteiger partial charge on any atom is -0.394 e. The van der Waals surface area contributed by atoms with Crippen molar-refractivity contribution in [3.63, 3.8) is 0 Å². The number of aromatic nitrogens is 3. The molecule has 0 saturated carbocycles. The Balaban J connectivity index is 2.18. The number of hydrogen-bond donors (Lipinski definition) is 5. The normalized spacial score (nSPS) is 31.0. The van der Waals surface area contributed by atoms with Gasteiger partial charge in [0, 0.05) is 6.20 Å². The average Bonchev–Trinajstić information content (AvgIpc) is 3.03. The fourth-order valence-electron chi connectivity index (χ4n) is 3.08. The minimum absolute atomic E-state index is 0.252. The number of fused-ring (bicyclic) bond motifs is 1. The Morgan fingerprint density at radius 3 is 2.74 bits per heavy atom. The van der Waals surface area contributed by atoms with Crippen LogP contribution in [0.4, 0.5) is 5.82 Å². The maximum absolute atomic E-state index is 10.6. The number of nitrogens with one attached hydrogen (secondary N) is 1. The molecule has 0 spiro atoms. The summed E-state index contributed by atoms with van der Waals surface area (Å²) in [6.45, 7) is 2.97. The summed E-state index contributed by atoms with van der Waals surface area (Å²) in [4.78, 5) is 8.19. The molecule has 0 radical (unpaired) electrons. The standard InChI is InChI=1S/C14H20N4O5/c1-3-7-4-18(12-9(7)11(17-22)15-6-16-12)13-14(2,21)10(20)8(5-19)23-13/h4,6,8,10,13,19-22H,3,5H2,1-2H3,(H,15,16,17)/t8-,10-,13-,14-/m1/s1. The largest absolute Gasteiger partial charge is 0.394 e. The number of anilines is 1. The highest BCUT2D eigenvalue weighted by atomic mass is 16.6. The highest BCUT2D eigenvalue weighted by Gasteiger charge is 2.53. The van der Waals surface area contributed by atoms with Crippen molar-refractivity contribution in [3.05, 3.63) is 18.1 Å². The van der Waals surface area contributed by atoms with Gasteiger partial charge in [-0.25, -0.2) is 9.97 Å². The SMILES string of the molecule is CCc1cn([C@@H]2O[C@H](CO)[C@@H](O)[C@@]2(C)O)c2ncnc(NO)c12. The van der Waals surface area contributed by atoms with E-state index in [9.17, 15) is 20.5 Å². The number of nitrogens with zero attached hydrogens (tertiary/aromatic N) is 3. The van der Waals surface area contributed by atoms with Crippen molar-refractivity contribution in [2.24, 2.45) is 0 Å². The topological polar surface area (TPSA) is 133 Å². The van der Waals surface area contributed by atoms with E-state index < -0.39 is 30.6 Å². The van der Waals surface area contributed by atoms with Crippen LogP contribution in [0.1, 0.15) is 25.6 Å². The molecule has 9 heteroatoms. The molecule has 0 aromatic carbocycles. The number of aliphatic hydroxyl groups excluding tert-OH is 2. The second-order valence-corrected chi connectivity index (χ2v) is 5.83. The van der Waals surface area contributed by atoms with Crippen molar-refractivity contribution in [3.8, 4) is 0 Å². The zero-order valence-corrected chi connectivity index (χ0v) is 12.8. The van der Waals surface area contributed by atoms with E-state index in [2.05, 4.69) is 9.97 Å². The van der Waals surface area contributed by atoms with E-state index in [1.165, 1.54) is 13.3 Å². The van der Waals surface area contributed by atoms with Crippen LogP contribution in [0.25, 0.3) is 11.0 Å². The van der Waals surface area contributed by atoms with Crippen LogP contribution in [0.5, 0.6) is 0 Å². The van der Waals surface area contributed by atoms with Gasteiger partial charge < -0.3 is 24.6 Å². The highest BCUT2D eigenvalue weighted by molar-refractivity contribution is 5.90. The molecule has 3 rings (SSSR count). The first-order valence-corrected chi connectivity index (χ1v) is 7.36. The van der Waals surface area contributed by atoms with Crippen LogP contribution in [0.3, 0.4) is 0 Å². The third kappa shape index (κ3) is 2.28. The van der Waals surface area contributed by atoms with Crippen molar-refractivity contribution in [1.29, 1.82) is 0 Å². The lowest BCUT2D eigenvalue weighted by atomic mass is 9.96. The van der Waals surface area contributed by atoms with Crippen LogP contribution >= 0.6 is 0 Å². The molecule has 9 nitrogen and oxygen atoms in total. The van der Waals surface area contributed by atoms with Crippen LogP contribution in [-0.4, -0.2) is 59.5 Å². The van der Waals surface area contributed by atoms with Gasteiger partial charge in [-0.05, 0) is 18.9 Å². The number of hydrogen-bond acceptors (Lipinski definition) is 8. The molecular formula is C14H20N4O5. The van der Waals surface area contributed by atoms with Crippen LogP contribution in [0.15, 0.2) is 12.5 Å². The van der Waals surface area contributed by atoms with Crippen molar-refractivity contribution in [2.45, 2.75) is 44.3 Å². The fraction of sp³-hybridized carbons (Fsp3) is 0.571. The van der Waals surface area contributed by atoms with E-state index in [1.807, 2.05) is 12.4 Å². The van der Waals surface area contributed by atoms with Gasteiger partial charge in [-0.2, -0.15) is 0 Å². The Morgan fingerprint density at radius 2 is 2.17 bits per heavy atom. The zero-order chi connectivity index (χ0) is 16.8. The second-order valence-electron chi connectivity index (χ2n) is 5.83. The molecule has 0 bridgehead atoms. The number of aryl methyl sites for hydroxylation is 1. The summed E-state index contributed by atoms with van der Waals surface area (Å²) in [7, 11) is 0. The summed E-state index contributed by atoms with van der Waals surface area (Å²) in [6.07, 6.45) is 0.601. The minimum atomic E-state index is -1.61. The average molecular weight is 324 g/mol. The number of aliphatic hydroxyl groups is 3. The predicted molar refractivity (Wildman–Crippen MR) is 79.9 cm³/mol. The lowest BCUT2D eigenvalue weighted by Crippen LogP contribution is -2.44. The maximum Gasteiger partial charge on any atom is 0.167 e. The number of rotatable bonds is 4. The van der Waals surface area contributed by atoms with Gasteiger partial charge in [-0.1, -0.05) is 6.92 Å². The van der Waals surface area contributed by atoms with Gasteiger partial charge in [-0.3, -0.25) is 10.7 Å². The molecule has 2 aromatic rings. The summed E-state index contributed by atoms with van der Waals surface area (Å²) in [5.41, 5.74) is 1.73. The van der Waals surface area contributed by atoms with Gasteiger partial charge in [-0.15, -0.1) is 0 Å². The van der Waals surface area contributed by atoms with E-state index >= 15 is 0 Å². The number of ether oxygens (including phenoxy) is 1. The molecule has 0 aliphatic carbocycles. The van der Waals surface area contributed by atoms with Crippen LogP contribution in [0.2, 0.25) is 0 Å². The van der Waals surface area contributed by atoms with E-state index in [-0.39, 0.29) is 5.82 Å². The molecule has 126 valence electrons. The molecule has 1 saturated heterocycles. The van der Waals surface area contributed by atoms with Gasteiger partial charge in [0.2, 0.25) is 0 Å². The molecule has 0 unspecified atom stereocenters. The molecule has 23 heavy (non-hydrogen) atoms.